The Balaban J connectivity index is 1.96. The molecule has 0 saturated heterocycles. The number of aryl methyl sites for hydroxylation is 2. The van der Waals surface area contributed by atoms with Gasteiger partial charge in [-0.15, -0.1) is 0 Å². The predicted molar refractivity (Wildman–Crippen MR) is 143 cm³/mol. The lowest BCUT2D eigenvalue weighted by molar-refractivity contribution is -0.146. The molecule has 0 atom stereocenters. The normalized spacial score (nSPS) is 11.8. The zero-order valence-electron chi connectivity index (χ0n) is 19.7. The minimum atomic E-state index is -0.938. The van der Waals surface area contributed by atoms with Gasteiger partial charge >= 0.3 is 5.97 Å². The summed E-state index contributed by atoms with van der Waals surface area (Å²) in [6, 6.07) is 20.1. The summed E-state index contributed by atoms with van der Waals surface area (Å²) >= 11 is 14.2. The van der Waals surface area contributed by atoms with E-state index in [1.807, 2.05) is 42.5 Å². The molecule has 0 radical (unpaired) electrons. The van der Waals surface area contributed by atoms with Crippen LogP contribution in [0.2, 0.25) is 10.0 Å². The first-order valence-corrected chi connectivity index (χ1v) is 12.7. The molecule has 0 spiro atoms. The predicted octanol–water partition coefficient (Wildman–Crippen LogP) is 8.42. The van der Waals surface area contributed by atoms with E-state index in [2.05, 4.69) is 36.6 Å². The van der Waals surface area contributed by atoms with Gasteiger partial charge in [0.15, 0.2) is 0 Å². The maximum atomic E-state index is 12.1. The van der Waals surface area contributed by atoms with Crippen molar-refractivity contribution in [2.75, 3.05) is 0 Å². The molecule has 3 aromatic carbocycles. The molecule has 34 heavy (non-hydrogen) atoms. The number of carbonyl (C=O) groups is 1. The number of nitrogens with zero attached hydrogens (tertiary/aromatic N) is 1. The molecule has 0 bridgehead atoms. The van der Waals surface area contributed by atoms with E-state index >= 15 is 0 Å². The van der Waals surface area contributed by atoms with Crippen LogP contribution in [0.25, 0.3) is 10.9 Å². The maximum absolute atomic E-state index is 12.1. The second-order valence-electron chi connectivity index (χ2n) is 9.39. The topological polar surface area (TPSA) is 42.2 Å². The molecule has 0 aliphatic heterocycles. The van der Waals surface area contributed by atoms with E-state index in [1.54, 1.807) is 25.6 Å². The summed E-state index contributed by atoms with van der Waals surface area (Å²) in [5, 5.41) is 12.3. The van der Waals surface area contributed by atoms with Crippen molar-refractivity contribution in [3.8, 4) is 0 Å². The summed E-state index contributed by atoms with van der Waals surface area (Å²) < 4.78 is 2.23. The van der Waals surface area contributed by atoms with Crippen LogP contribution >= 0.6 is 35.0 Å². The molecule has 1 N–H and O–H groups in total. The highest BCUT2D eigenvalue weighted by Crippen LogP contribution is 2.43. The van der Waals surface area contributed by atoms with Crippen molar-refractivity contribution in [3.05, 3.63) is 93.1 Å². The molecule has 1 heterocycles. The van der Waals surface area contributed by atoms with Crippen molar-refractivity contribution in [2.24, 2.45) is 5.41 Å². The van der Waals surface area contributed by atoms with Gasteiger partial charge in [0, 0.05) is 49.4 Å². The molecule has 0 amide bonds. The van der Waals surface area contributed by atoms with E-state index in [4.69, 9.17) is 23.2 Å². The fraction of sp³-hybridized carbons (Fsp3) is 0.250. The van der Waals surface area contributed by atoms with Gasteiger partial charge in [-0.2, -0.15) is 0 Å². The van der Waals surface area contributed by atoms with Crippen molar-refractivity contribution < 1.29 is 9.90 Å². The van der Waals surface area contributed by atoms with Crippen LogP contribution in [0.15, 0.2) is 70.5 Å². The van der Waals surface area contributed by atoms with Gasteiger partial charge in [0.05, 0.1) is 5.41 Å². The standard InChI is InChI=1S/C28H27Cl2NO2S/c1-17-5-6-18(2)25(13-17)34-26-22-14-21(30)11-12-23(22)31(16-19-7-9-20(29)10-8-19)24(26)15-28(3,4)27(32)33/h5-14H,15-16H2,1-4H3,(H,32,33). The van der Waals surface area contributed by atoms with Crippen molar-refractivity contribution in [3.63, 3.8) is 0 Å². The van der Waals surface area contributed by atoms with Crippen LogP contribution in [0.4, 0.5) is 0 Å². The number of aliphatic carboxylic acids is 1. The van der Waals surface area contributed by atoms with Crippen LogP contribution in [0.3, 0.4) is 0 Å². The molecule has 4 rings (SSSR count). The molecule has 0 saturated carbocycles. The number of hydrogen-bond acceptors (Lipinski definition) is 2. The summed E-state index contributed by atoms with van der Waals surface area (Å²) in [6.45, 7) is 8.34. The van der Waals surface area contributed by atoms with Crippen molar-refractivity contribution in [1.29, 1.82) is 0 Å². The molecule has 0 aliphatic carbocycles. The number of fused-ring (bicyclic) bond motifs is 1. The third kappa shape index (κ3) is 5.14. The molecular weight excluding hydrogens is 485 g/mol. The molecule has 4 aromatic rings. The number of carboxylic acids is 1. The van der Waals surface area contributed by atoms with Crippen LogP contribution in [-0.2, 0) is 17.8 Å². The Hall–Kier alpha value is -2.40. The second-order valence-corrected chi connectivity index (χ2v) is 11.3. The molecule has 1 aromatic heterocycles. The largest absolute Gasteiger partial charge is 0.481 e. The van der Waals surface area contributed by atoms with Crippen molar-refractivity contribution in [1.82, 2.24) is 4.57 Å². The average molecular weight is 513 g/mol. The van der Waals surface area contributed by atoms with Crippen LogP contribution in [0.1, 0.15) is 36.2 Å². The molecule has 0 fully saturated rings. The average Bonchev–Trinajstić information content (AvgIpc) is 3.03. The minimum absolute atomic E-state index is 0.384. The summed E-state index contributed by atoms with van der Waals surface area (Å²) in [5.41, 5.74) is 4.54. The van der Waals surface area contributed by atoms with Gasteiger partial charge in [-0.25, -0.2) is 0 Å². The first-order valence-electron chi connectivity index (χ1n) is 11.1. The van der Waals surface area contributed by atoms with Gasteiger partial charge in [0.25, 0.3) is 0 Å². The first kappa shape index (κ1) is 24.7. The Labute approximate surface area is 214 Å². The van der Waals surface area contributed by atoms with Gasteiger partial charge in [0.2, 0.25) is 0 Å². The first-order chi connectivity index (χ1) is 16.0. The third-order valence-electron chi connectivity index (χ3n) is 6.08. The number of benzene rings is 3. The van der Waals surface area contributed by atoms with Gasteiger partial charge in [0.1, 0.15) is 0 Å². The Morgan fingerprint density at radius 3 is 2.32 bits per heavy atom. The SMILES string of the molecule is Cc1ccc(C)c(Sc2c(CC(C)(C)C(=O)O)n(Cc3ccc(Cl)cc3)c3ccc(Cl)cc23)c1. The van der Waals surface area contributed by atoms with Crippen LogP contribution in [0.5, 0.6) is 0 Å². The van der Waals surface area contributed by atoms with E-state index in [0.29, 0.717) is 23.0 Å². The zero-order valence-corrected chi connectivity index (χ0v) is 22.0. The third-order valence-corrected chi connectivity index (χ3v) is 7.89. The molecule has 6 heteroatoms. The second kappa shape index (κ2) is 9.69. The van der Waals surface area contributed by atoms with E-state index < -0.39 is 11.4 Å². The summed E-state index contributed by atoms with van der Waals surface area (Å²) in [6.07, 6.45) is 0.384. The Morgan fingerprint density at radius 1 is 0.971 bits per heavy atom. The van der Waals surface area contributed by atoms with E-state index in [0.717, 1.165) is 32.0 Å². The Kier molecular flexibility index (Phi) is 7.04. The molecule has 3 nitrogen and oxygen atoms in total. The van der Waals surface area contributed by atoms with E-state index in [-0.39, 0.29) is 0 Å². The molecule has 0 aliphatic rings. The molecule has 176 valence electrons. The number of rotatable bonds is 7. The van der Waals surface area contributed by atoms with Crippen LogP contribution in [-0.4, -0.2) is 15.6 Å². The van der Waals surface area contributed by atoms with Gasteiger partial charge in [-0.3, -0.25) is 4.79 Å². The summed E-state index contributed by atoms with van der Waals surface area (Å²) in [4.78, 5) is 14.3. The van der Waals surface area contributed by atoms with Crippen LogP contribution < -0.4 is 0 Å². The zero-order chi connectivity index (χ0) is 24.6. The van der Waals surface area contributed by atoms with Crippen molar-refractivity contribution in [2.45, 2.75) is 50.5 Å². The van der Waals surface area contributed by atoms with Gasteiger partial charge in [-0.05, 0) is 80.8 Å². The fourth-order valence-corrected chi connectivity index (χ4v) is 5.58. The maximum Gasteiger partial charge on any atom is 0.309 e. The van der Waals surface area contributed by atoms with Gasteiger partial charge in [-0.1, -0.05) is 59.2 Å². The monoisotopic (exact) mass is 511 g/mol. The fourth-order valence-electron chi connectivity index (χ4n) is 4.01. The van der Waals surface area contributed by atoms with Crippen LogP contribution in [0, 0.1) is 19.3 Å². The number of halogens is 2. The lowest BCUT2D eigenvalue weighted by Crippen LogP contribution is -2.27. The quantitative estimate of drug-likeness (QED) is 0.270. The summed E-state index contributed by atoms with van der Waals surface area (Å²) in [7, 11) is 0. The summed E-state index contributed by atoms with van der Waals surface area (Å²) in [5.74, 6) is -0.823. The Bertz CT molecular complexity index is 1370. The van der Waals surface area contributed by atoms with E-state index in [9.17, 15) is 9.90 Å². The highest BCUT2D eigenvalue weighted by atomic mass is 35.5. The molecular formula is C28H27Cl2NO2S. The molecule has 0 unspecified atom stereocenters. The lowest BCUT2D eigenvalue weighted by atomic mass is 9.88. The Morgan fingerprint density at radius 2 is 1.65 bits per heavy atom. The number of hydrogen-bond donors (Lipinski definition) is 1. The smallest absolute Gasteiger partial charge is 0.309 e. The lowest BCUT2D eigenvalue weighted by Gasteiger charge is -2.22. The van der Waals surface area contributed by atoms with E-state index in [1.165, 1.54) is 11.1 Å². The minimum Gasteiger partial charge on any atom is -0.481 e. The van der Waals surface area contributed by atoms with Gasteiger partial charge < -0.3 is 9.67 Å². The number of carboxylic acid groups (broad SMARTS) is 1. The van der Waals surface area contributed by atoms with Crippen molar-refractivity contribution >= 4 is 51.8 Å². The highest BCUT2D eigenvalue weighted by molar-refractivity contribution is 7.99. The highest BCUT2D eigenvalue weighted by Gasteiger charge is 2.32. The number of aromatic nitrogens is 1.